The van der Waals surface area contributed by atoms with Crippen molar-refractivity contribution in [3.05, 3.63) is 36.0 Å². The second-order valence-corrected chi connectivity index (χ2v) is 7.95. The van der Waals surface area contributed by atoms with Crippen molar-refractivity contribution in [3.8, 4) is 0 Å². The van der Waals surface area contributed by atoms with E-state index in [1.165, 1.54) is 11.8 Å². The minimum absolute atomic E-state index is 0.0201. The topological polar surface area (TPSA) is 137 Å². The van der Waals surface area contributed by atoms with Gasteiger partial charge in [0.1, 0.15) is 12.1 Å². The van der Waals surface area contributed by atoms with Gasteiger partial charge in [0.15, 0.2) is 0 Å². The molecule has 3 atom stereocenters. The highest BCUT2D eigenvalue weighted by Gasteiger charge is 2.27. The number of carboxylic acids is 1. The van der Waals surface area contributed by atoms with Crippen molar-refractivity contribution in [3.63, 3.8) is 0 Å². The molecular weight excluding hydrogens is 412 g/mol. The third-order valence-electron chi connectivity index (χ3n) is 4.49. The van der Waals surface area contributed by atoms with Gasteiger partial charge in [0.2, 0.25) is 11.8 Å². The summed E-state index contributed by atoms with van der Waals surface area (Å²) >= 11 is 5.59. The number of hydrogen-bond acceptors (Lipinski definition) is 6. The van der Waals surface area contributed by atoms with Gasteiger partial charge in [-0.1, -0.05) is 18.2 Å². The quantitative estimate of drug-likeness (QED) is 0.287. The Hall–Kier alpha value is -2.17. The molecule has 0 aliphatic heterocycles. The predicted octanol–water partition coefficient (Wildman–Crippen LogP) is 0.775. The summed E-state index contributed by atoms with van der Waals surface area (Å²) in [5.74, 6) is -1.61. The van der Waals surface area contributed by atoms with Gasteiger partial charge in [0.25, 0.3) is 0 Å². The van der Waals surface area contributed by atoms with Crippen molar-refractivity contribution >= 4 is 53.1 Å². The number of hydrogen-bond donors (Lipinski definition) is 6. The third kappa shape index (κ3) is 6.41. The second-order valence-electron chi connectivity index (χ2n) is 6.59. The zero-order valence-corrected chi connectivity index (χ0v) is 17.8. The van der Waals surface area contributed by atoms with Gasteiger partial charge in [-0.25, -0.2) is 4.79 Å². The van der Waals surface area contributed by atoms with Crippen LogP contribution in [0.4, 0.5) is 0 Å². The number of aliphatic carboxylic acids is 1. The first-order valence-electron chi connectivity index (χ1n) is 9.11. The number of nitrogens with two attached hydrogens (primary N) is 1. The van der Waals surface area contributed by atoms with Gasteiger partial charge in [-0.3, -0.25) is 9.59 Å². The Morgan fingerprint density at radius 1 is 1.21 bits per heavy atom. The number of thioether (sulfide) groups is 1. The van der Waals surface area contributed by atoms with Crippen molar-refractivity contribution in [2.75, 3.05) is 17.8 Å². The van der Waals surface area contributed by atoms with Gasteiger partial charge >= 0.3 is 5.97 Å². The molecule has 29 heavy (non-hydrogen) atoms. The number of benzene rings is 1. The van der Waals surface area contributed by atoms with Crippen LogP contribution in [0.1, 0.15) is 12.0 Å². The van der Waals surface area contributed by atoms with Gasteiger partial charge in [-0.2, -0.15) is 24.4 Å². The number of aromatic amines is 1. The molecule has 158 valence electrons. The molecule has 2 aromatic rings. The lowest BCUT2D eigenvalue weighted by molar-refractivity contribution is -0.142. The smallest absolute Gasteiger partial charge is 0.326 e. The second kappa shape index (κ2) is 11.1. The summed E-state index contributed by atoms with van der Waals surface area (Å²) in [5.41, 5.74) is 7.89. The fraction of sp³-hybridized carbons (Fsp3) is 0.421. The minimum atomic E-state index is -1.12. The summed E-state index contributed by atoms with van der Waals surface area (Å²) in [5, 5.41) is 15.3. The van der Waals surface area contributed by atoms with Crippen LogP contribution in [0, 0.1) is 0 Å². The van der Waals surface area contributed by atoms with Crippen molar-refractivity contribution < 1.29 is 19.5 Å². The number of carbonyl (C=O) groups is 3. The summed E-state index contributed by atoms with van der Waals surface area (Å²) in [6, 6.07) is 4.83. The summed E-state index contributed by atoms with van der Waals surface area (Å²) < 4.78 is 0. The van der Waals surface area contributed by atoms with E-state index in [-0.39, 0.29) is 12.2 Å². The molecule has 1 heterocycles. The molecule has 2 rings (SSSR count). The third-order valence-corrected chi connectivity index (χ3v) is 5.50. The fourth-order valence-electron chi connectivity index (χ4n) is 2.87. The molecule has 1 aromatic heterocycles. The molecular formula is C19H26N4O4S2. The first kappa shape index (κ1) is 23.1. The Morgan fingerprint density at radius 2 is 1.90 bits per heavy atom. The number of aromatic nitrogens is 1. The predicted molar refractivity (Wildman–Crippen MR) is 118 cm³/mol. The SMILES string of the molecule is CSCCC(NC(=O)C(CS)NC(=O)C(N)Cc1c[nH]c2ccccc12)C(=O)O. The van der Waals surface area contributed by atoms with Gasteiger partial charge in [-0.15, -0.1) is 0 Å². The number of H-pyrrole nitrogens is 1. The van der Waals surface area contributed by atoms with E-state index in [2.05, 4.69) is 28.2 Å². The highest BCUT2D eigenvalue weighted by atomic mass is 32.2. The zero-order chi connectivity index (χ0) is 21.4. The number of rotatable bonds is 11. The Kier molecular flexibility index (Phi) is 8.87. The lowest BCUT2D eigenvalue weighted by atomic mass is 10.0. The standard InChI is InChI=1S/C19H26N4O4S2/c1-29-7-6-15(19(26)27)22-18(25)16(10-28)23-17(24)13(20)8-11-9-21-14-5-3-2-4-12(11)14/h2-5,9,13,15-16,21,28H,6-8,10,20H2,1H3,(H,22,25)(H,23,24)(H,26,27). The molecule has 3 unspecified atom stereocenters. The van der Waals surface area contributed by atoms with E-state index < -0.39 is 35.9 Å². The Morgan fingerprint density at radius 3 is 2.55 bits per heavy atom. The van der Waals surface area contributed by atoms with E-state index in [1.54, 1.807) is 0 Å². The number of carboxylic acid groups (broad SMARTS) is 1. The lowest BCUT2D eigenvalue weighted by Gasteiger charge is -2.21. The molecule has 0 saturated heterocycles. The maximum absolute atomic E-state index is 12.5. The lowest BCUT2D eigenvalue weighted by Crippen LogP contribution is -2.55. The maximum atomic E-state index is 12.5. The van der Waals surface area contributed by atoms with Crippen LogP contribution in [-0.4, -0.2) is 63.8 Å². The molecule has 0 saturated carbocycles. The summed E-state index contributed by atoms with van der Waals surface area (Å²) in [6.45, 7) is 0. The molecule has 0 aliphatic rings. The van der Waals surface area contributed by atoms with Gasteiger partial charge in [0.05, 0.1) is 6.04 Å². The van der Waals surface area contributed by atoms with Crippen LogP contribution in [0.15, 0.2) is 30.5 Å². The number of amides is 2. The highest BCUT2D eigenvalue weighted by molar-refractivity contribution is 7.98. The number of fused-ring (bicyclic) bond motifs is 1. The summed E-state index contributed by atoms with van der Waals surface area (Å²) in [4.78, 5) is 39.3. The average molecular weight is 439 g/mol. The molecule has 0 bridgehead atoms. The van der Waals surface area contributed by atoms with Gasteiger partial charge < -0.3 is 26.5 Å². The van der Waals surface area contributed by atoms with Crippen LogP contribution in [0.5, 0.6) is 0 Å². The molecule has 1 aromatic carbocycles. The van der Waals surface area contributed by atoms with E-state index in [1.807, 2.05) is 36.7 Å². The molecule has 0 aliphatic carbocycles. The van der Waals surface area contributed by atoms with Crippen LogP contribution in [0.25, 0.3) is 10.9 Å². The largest absolute Gasteiger partial charge is 0.480 e. The Labute approximate surface area is 178 Å². The van der Waals surface area contributed by atoms with E-state index in [9.17, 15) is 19.5 Å². The molecule has 8 nitrogen and oxygen atoms in total. The Balaban J connectivity index is 1.97. The molecule has 6 N–H and O–H groups in total. The van der Waals surface area contributed by atoms with Crippen molar-refractivity contribution in [2.45, 2.75) is 31.0 Å². The van der Waals surface area contributed by atoms with Crippen LogP contribution < -0.4 is 16.4 Å². The monoisotopic (exact) mass is 438 g/mol. The number of carbonyl (C=O) groups excluding carboxylic acids is 2. The first-order chi connectivity index (χ1) is 13.9. The van der Waals surface area contributed by atoms with E-state index in [4.69, 9.17) is 5.73 Å². The van der Waals surface area contributed by atoms with E-state index >= 15 is 0 Å². The molecule has 10 heteroatoms. The van der Waals surface area contributed by atoms with Crippen molar-refractivity contribution in [1.29, 1.82) is 0 Å². The normalized spacial score (nSPS) is 14.2. The van der Waals surface area contributed by atoms with Gasteiger partial charge in [0, 0.05) is 22.9 Å². The summed E-state index contributed by atoms with van der Waals surface area (Å²) in [7, 11) is 0. The zero-order valence-electron chi connectivity index (χ0n) is 16.1. The van der Waals surface area contributed by atoms with Crippen LogP contribution in [0.3, 0.4) is 0 Å². The number of thiol groups is 1. The van der Waals surface area contributed by atoms with Gasteiger partial charge in [-0.05, 0) is 36.5 Å². The molecule has 2 amide bonds. The fourth-order valence-corrected chi connectivity index (χ4v) is 3.60. The average Bonchev–Trinajstić information content (AvgIpc) is 3.11. The highest BCUT2D eigenvalue weighted by Crippen LogP contribution is 2.18. The number of nitrogens with one attached hydrogen (secondary N) is 3. The van der Waals surface area contributed by atoms with E-state index in [0.717, 1.165) is 16.5 Å². The Bertz CT molecular complexity index is 858. The van der Waals surface area contributed by atoms with Crippen LogP contribution in [-0.2, 0) is 20.8 Å². The molecule has 0 fully saturated rings. The van der Waals surface area contributed by atoms with Crippen LogP contribution >= 0.6 is 24.4 Å². The van der Waals surface area contributed by atoms with Crippen LogP contribution in [0.2, 0.25) is 0 Å². The summed E-state index contributed by atoms with van der Waals surface area (Å²) in [6.07, 6.45) is 4.24. The maximum Gasteiger partial charge on any atom is 0.326 e. The molecule has 0 radical (unpaired) electrons. The minimum Gasteiger partial charge on any atom is -0.480 e. The van der Waals surface area contributed by atoms with Crippen molar-refractivity contribution in [1.82, 2.24) is 15.6 Å². The van der Waals surface area contributed by atoms with Crippen molar-refractivity contribution in [2.24, 2.45) is 5.73 Å². The number of para-hydroxylation sites is 1. The van der Waals surface area contributed by atoms with E-state index in [0.29, 0.717) is 12.2 Å². The first-order valence-corrected chi connectivity index (χ1v) is 11.1. The molecule has 0 spiro atoms.